The van der Waals surface area contributed by atoms with Crippen LogP contribution in [-0.2, 0) is 13.0 Å². The molecule has 2 heteroatoms. The molecule has 0 radical (unpaired) electrons. The summed E-state index contributed by atoms with van der Waals surface area (Å²) in [6, 6.07) is 6.35. The third-order valence-electron chi connectivity index (χ3n) is 5.35. The van der Waals surface area contributed by atoms with Crippen molar-refractivity contribution in [2.45, 2.75) is 46.1 Å². The van der Waals surface area contributed by atoms with Crippen LogP contribution in [0, 0.1) is 17.8 Å². The highest BCUT2D eigenvalue weighted by molar-refractivity contribution is 5.98. The molecule has 0 bridgehead atoms. The molecule has 2 aliphatic rings. The molecule has 0 spiro atoms. The number of nitrogens with one attached hydrogen (secondary N) is 1. The first-order valence-corrected chi connectivity index (χ1v) is 8.02. The van der Waals surface area contributed by atoms with Gasteiger partial charge in [-0.25, -0.2) is 0 Å². The molecule has 3 rings (SSSR count). The number of ketones is 1. The summed E-state index contributed by atoms with van der Waals surface area (Å²) in [6.07, 6.45) is 4.42. The van der Waals surface area contributed by atoms with Crippen LogP contribution in [0.4, 0.5) is 0 Å². The largest absolute Gasteiger partial charge is 0.312 e. The molecule has 1 aliphatic heterocycles. The second kappa shape index (κ2) is 5.69. The van der Waals surface area contributed by atoms with Gasteiger partial charge in [0, 0.05) is 18.0 Å². The first-order chi connectivity index (χ1) is 9.65. The molecular formula is C18H25NO. The summed E-state index contributed by atoms with van der Waals surface area (Å²) >= 11 is 0. The molecule has 1 aromatic rings. The Morgan fingerprint density at radius 2 is 2.00 bits per heavy atom. The van der Waals surface area contributed by atoms with Crippen molar-refractivity contribution in [3.8, 4) is 0 Å². The molecule has 1 heterocycles. The Morgan fingerprint density at radius 1 is 1.15 bits per heavy atom. The average Bonchev–Trinajstić information content (AvgIpc) is 2.49. The van der Waals surface area contributed by atoms with Crippen LogP contribution in [0.15, 0.2) is 18.2 Å². The normalized spacial score (nSPS) is 29.8. The van der Waals surface area contributed by atoms with E-state index < -0.39 is 0 Å². The highest BCUT2D eigenvalue weighted by atomic mass is 16.1. The Labute approximate surface area is 122 Å². The van der Waals surface area contributed by atoms with Gasteiger partial charge in [-0.1, -0.05) is 26.0 Å². The minimum Gasteiger partial charge on any atom is -0.312 e. The van der Waals surface area contributed by atoms with Crippen molar-refractivity contribution >= 4 is 5.78 Å². The van der Waals surface area contributed by atoms with Crippen LogP contribution in [0.3, 0.4) is 0 Å². The minimum absolute atomic E-state index is 0.246. The van der Waals surface area contributed by atoms with Crippen LogP contribution in [-0.4, -0.2) is 12.3 Å². The van der Waals surface area contributed by atoms with Gasteiger partial charge < -0.3 is 5.32 Å². The third kappa shape index (κ3) is 2.67. The summed E-state index contributed by atoms with van der Waals surface area (Å²) in [6.45, 7) is 6.57. The minimum atomic E-state index is 0.246. The van der Waals surface area contributed by atoms with E-state index >= 15 is 0 Å². The summed E-state index contributed by atoms with van der Waals surface area (Å²) in [4.78, 5) is 12.7. The van der Waals surface area contributed by atoms with Crippen molar-refractivity contribution in [3.05, 3.63) is 34.9 Å². The Morgan fingerprint density at radius 3 is 2.80 bits per heavy atom. The lowest BCUT2D eigenvalue weighted by molar-refractivity contribution is 0.0837. The molecule has 1 fully saturated rings. The molecule has 108 valence electrons. The number of fused-ring (bicyclic) bond motifs is 1. The zero-order valence-corrected chi connectivity index (χ0v) is 12.6. The van der Waals surface area contributed by atoms with Gasteiger partial charge in [0.2, 0.25) is 0 Å². The predicted molar refractivity (Wildman–Crippen MR) is 81.9 cm³/mol. The van der Waals surface area contributed by atoms with E-state index in [4.69, 9.17) is 0 Å². The van der Waals surface area contributed by atoms with E-state index in [1.807, 2.05) is 0 Å². The summed E-state index contributed by atoms with van der Waals surface area (Å²) in [5, 5.41) is 3.39. The molecular weight excluding hydrogens is 246 g/mol. The summed E-state index contributed by atoms with van der Waals surface area (Å²) in [5.41, 5.74) is 3.66. The predicted octanol–water partition coefficient (Wildman–Crippen LogP) is 3.59. The zero-order chi connectivity index (χ0) is 14.1. The molecule has 20 heavy (non-hydrogen) atoms. The van der Waals surface area contributed by atoms with Crippen LogP contribution >= 0.6 is 0 Å². The monoisotopic (exact) mass is 271 g/mol. The lowest BCUT2D eigenvalue weighted by atomic mass is 9.73. The lowest BCUT2D eigenvalue weighted by Crippen LogP contribution is -2.27. The molecule has 1 saturated carbocycles. The quantitative estimate of drug-likeness (QED) is 0.833. The molecule has 1 aromatic carbocycles. The van der Waals surface area contributed by atoms with Gasteiger partial charge in [0.25, 0.3) is 0 Å². The molecule has 1 N–H and O–H groups in total. The van der Waals surface area contributed by atoms with Gasteiger partial charge in [-0.15, -0.1) is 0 Å². The van der Waals surface area contributed by atoms with Gasteiger partial charge in [-0.05, 0) is 61.3 Å². The molecule has 0 saturated heterocycles. The summed E-state index contributed by atoms with van der Waals surface area (Å²) in [5.74, 6) is 2.07. The van der Waals surface area contributed by atoms with Crippen LogP contribution in [0.2, 0.25) is 0 Å². The fourth-order valence-electron chi connectivity index (χ4n) is 3.66. The average molecular weight is 271 g/mol. The SMILES string of the molecule is CC1CCC(C(=O)c2ccc3c(c2)CNCC3)CC1C. The van der Waals surface area contributed by atoms with Gasteiger partial charge in [-0.2, -0.15) is 0 Å². The Hall–Kier alpha value is -1.15. The van der Waals surface area contributed by atoms with Crippen molar-refractivity contribution in [2.24, 2.45) is 17.8 Å². The van der Waals surface area contributed by atoms with E-state index in [1.165, 1.54) is 17.5 Å². The number of carbonyl (C=O) groups excluding carboxylic acids is 1. The van der Waals surface area contributed by atoms with E-state index in [-0.39, 0.29) is 5.92 Å². The molecule has 3 atom stereocenters. The number of benzene rings is 1. The highest BCUT2D eigenvalue weighted by Crippen LogP contribution is 2.35. The summed E-state index contributed by atoms with van der Waals surface area (Å²) in [7, 11) is 0. The van der Waals surface area contributed by atoms with Gasteiger partial charge >= 0.3 is 0 Å². The molecule has 0 aromatic heterocycles. The van der Waals surface area contributed by atoms with E-state index in [0.29, 0.717) is 11.7 Å². The second-order valence-electron chi connectivity index (χ2n) is 6.74. The van der Waals surface area contributed by atoms with Crippen LogP contribution < -0.4 is 5.32 Å². The number of Topliss-reactive ketones (excluding diaryl/α,β-unsaturated/α-hetero) is 1. The number of hydrogen-bond acceptors (Lipinski definition) is 2. The first kappa shape index (κ1) is 13.8. The summed E-state index contributed by atoms with van der Waals surface area (Å²) < 4.78 is 0. The maximum Gasteiger partial charge on any atom is 0.165 e. The van der Waals surface area contributed by atoms with E-state index in [2.05, 4.69) is 37.4 Å². The molecule has 1 aliphatic carbocycles. The van der Waals surface area contributed by atoms with E-state index in [1.54, 1.807) is 0 Å². The van der Waals surface area contributed by atoms with Crippen molar-refractivity contribution in [2.75, 3.05) is 6.54 Å². The van der Waals surface area contributed by atoms with Crippen molar-refractivity contribution in [3.63, 3.8) is 0 Å². The smallest absolute Gasteiger partial charge is 0.165 e. The molecule has 0 amide bonds. The van der Waals surface area contributed by atoms with Crippen molar-refractivity contribution < 1.29 is 4.79 Å². The molecule has 3 unspecified atom stereocenters. The maximum absolute atomic E-state index is 12.7. The Bertz CT molecular complexity index is 508. The fourth-order valence-corrected chi connectivity index (χ4v) is 3.66. The Kier molecular flexibility index (Phi) is 3.93. The van der Waals surface area contributed by atoms with Crippen molar-refractivity contribution in [1.29, 1.82) is 0 Å². The lowest BCUT2D eigenvalue weighted by Gasteiger charge is -2.31. The van der Waals surface area contributed by atoms with Crippen LogP contribution in [0.25, 0.3) is 0 Å². The Balaban J connectivity index is 1.77. The second-order valence-corrected chi connectivity index (χ2v) is 6.74. The van der Waals surface area contributed by atoms with E-state index in [0.717, 1.165) is 43.8 Å². The molecule has 2 nitrogen and oxygen atoms in total. The van der Waals surface area contributed by atoms with E-state index in [9.17, 15) is 4.79 Å². The standard InChI is InChI=1S/C18H25NO/c1-12-3-4-15(9-13(12)2)18(20)16-6-5-14-7-8-19-11-17(14)10-16/h5-6,10,12-13,15,19H,3-4,7-9,11H2,1-2H3. The van der Waals surface area contributed by atoms with Crippen LogP contribution in [0.5, 0.6) is 0 Å². The van der Waals surface area contributed by atoms with Crippen molar-refractivity contribution in [1.82, 2.24) is 5.32 Å². The maximum atomic E-state index is 12.7. The highest BCUT2D eigenvalue weighted by Gasteiger charge is 2.29. The first-order valence-electron chi connectivity index (χ1n) is 8.02. The number of carbonyl (C=O) groups is 1. The fraction of sp³-hybridized carbons (Fsp3) is 0.611. The van der Waals surface area contributed by atoms with Gasteiger partial charge in [0.15, 0.2) is 5.78 Å². The number of rotatable bonds is 2. The van der Waals surface area contributed by atoms with Gasteiger partial charge in [0.1, 0.15) is 0 Å². The third-order valence-corrected chi connectivity index (χ3v) is 5.35. The number of hydrogen-bond donors (Lipinski definition) is 1. The zero-order valence-electron chi connectivity index (χ0n) is 12.6. The van der Waals surface area contributed by atoms with Gasteiger partial charge in [-0.3, -0.25) is 4.79 Å². The van der Waals surface area contributed by atoms with Crippen LogP contribution in [0.1, 0.15) is 54.6 Å². The topological polar surface area (TPSA) is 29.1 Å². The van der Waals surface area contributed by atoms with Gasteiger partial charge in [0.05, 0.1) is 0 Å².